The lowest BCUT2D eigenvalue weighted by Crippen LogP contribution is -2.37. The van der Waals surface area contributed by atoms with Gasteiger partial charge in [-0.1, -0.05) is 42.6 Å². The predicted octanol–water partition coefficient (Wildman–Crippen LogP) is 2.58. The number of carbonyl (C=O) groups is 1. The number of nitrogens with zero attached hydrogens (tertiary/aromatic N) is 1. The fourth-order valence-electron chi connectivity index (χ4n) is 3.02. The molecule has 7 heteroatoms. The number of sulfone groups is 1. The van der Waals surface area contributed by atoms with Gasteiger partial charge in [0.15, 0.2) is 9.84 Å². The molecule has 5 nitrogen and oxygen atoms in total. The molecule has 0 atom stereocenters. The zero-order valence-electron chi connectivity index (χ0n) is 12.9. The zero-order chi connectivity index (χ0) is 16.9. The molecule has 2 rings (SSSR count). The normalized spacial score (nSPS) is 16.1. The summed E-state index contributed by atoms with van der Waals surface area (Å²) in [4.78, 5) is 12.8. The van der Waals surface area contributed by atoms with Crippen LogP contribution < -0.4 is 0 Å². The highest BCUT2D eigenvalue weighted by Crippen LogP contribution is 2.26. The average molecular weight is 360 g/mol. The Bertz CT molecular complexity index is 641. The van der Waals surface area contributed by atoms with E-state index in [0.717, 1.165) is 31.2 Å². The van der Waals surface area contributed by atoms with Crippen molar-refractivity contribution in [1.82, 2.24) is 4.90 Å². The van der Waals surface area contributed by atoms with E-state index in [1.807, 2.05) is 24.3 Å². The molecule has 0 bridgehead atoms. The lowest BCUT2D eigenvalue weighted by atomic mass is 10.1. The maximum absolute atomic E-state index is 11.8. The third-order valence-electron chi connectivity index (χ3n) is 4.21. The second-order valence-corrected chi connectivity index (χ2v) is 8.58. The molecule has 1 aromatic rings. The van der Waals surface area contributed by atoms with E-state index in [1.165, 1.54) is 0 Å². The quantitative estimate of drug-likeness (QED) is 0.772. The first-order valence-corrected chi connectivity index (χ1v) is 9.97. The summed E-state index contributed by atoms with van der Waals surface area (Å²) in [5, 5.41) is 9.36. The Kier molecular flexibility index (Phi) is 6.44. The van der Waals surface area contributed by atoms with Crippen molar-refractivity contribution in [2.45, 2.75) is 38.3 Å². The van der Waals surface area contributed by atoms with E-state index in [2.05, 4.69) is 4.90 Å². The standard InChI is InChI=1S/C16H22ClNO4S/c17-15-8-4-1-5-13(15)11-18(14-6-2-3-7-14)9-10-23(21,22)12-16(19)20/h1,4-5,8,14H,2-3,6-7,9-12H2,(H,19,20). The van der Waals surface area contributed by atoms with Crippen molar-refractivity contribution in [3.63, 3.8) is 0 Å². The van der Waals surface area contributed by atoms with Gasteiger partial charge in [0, 0.05) is 24.2 Å². The van der Waals surface area contributed by atoms with Gasteiger partial charge < -0.3 is 5.11 Å². The number of carboxylic acids is 1. The molecule has 0 unspecified atom stereocenters. The molecule has 1 saturated carbocycles. The molecular formula is C16H22ClNO4S. The highest BCUT2D eigenvalue weighted by molar-refractivity contribution is 7.92. The van der Waals surface area contributed by atoms with Gasteiger partial charge in [0.1, 0.15) is 5.75 Å². The molecule has 128 valence electrons. The summed E-state index contributed by atoms with van der Waals surface area (Å²) in [5.74, 6) is -2.25. The van der Waals surface area contributed by atoms with Crippen molar-refractivity contribution in [2.24, 2.45) is 0 Å². The average Bonchev–Trinajstić information content (AvgIpc) is 2.98. The molecule has 0 heterocycles. The Morgan fingerprint density at radius 2 is 1.91 bits per heavy atom. The van der Waals surface area contributed by atoms with Gasteiger partial charge in [-0.05, 0) is 24.5 Å². The van der Waals surface area contributed by atoms with Crippen molar-refractivity contribution in [1.29, 1.82) is 0 Å². The summed E-state index contributed by atoms with van der Waals surface area (Å²) >= 11 is 6.21. The van der Waals surface area contributed by atoms with Crippen LogP contribution in [0.1, 0.15) is 31.2 Å². The smallest absolute Gasteiger partial charge is 0.318 e. The second kappa shape index (κ2) is 8.13. The lowest BCUT2D eigenvalue weighted by molar-refractivity contribution is -0.134. The Morgan fingerprint density at radius 3 is 2.52 bits per heavy atom. The molecule has 1 fully saturated rings. The van der Waals surface area contributed by atoms with E-state index in [9.17, 15) is 13.2 Å². The summed E-state index contributed by atoms with van der Waals surface area (Å²) in [6.45, 7) is 0.929. The Morgan fingerprint density at radius 1 is 1.26 bits per heavy atom. The van der Waals surface area contributed by atoms with E-state index in [1.54, 1.807) is 0 Å². The number of aliphatic carboxylic acids is 1. The maximum atomic E-state index is 11.8. The van der Waals surface area contributed by atoms with E-state index in [0.29, 0.717) is 24.2 Å². The van der Waals surface area contributed by atoms with E-state index >= 15 is 0 Å². The Balaban J connectivity index is 2.06. The summed E-state index contributed by atoms with van der Waals surface area (Å²) in [7, 11) is -3.58. The van der Waals surface area contributed by atoms with E-state index < -0.39 is 21.6 Å². The van der Waals surface area contributed by atoms with E-state index in [-0.39, 0.29) is 5.75 Å². The number of halogens is 1. The summed E-state index contributed by atoms with van der Waals surface area (Å²) < 4.78 is 23.7. The second-order valence-electron chi connectivity index (χ2n) is 5.99. The van der Waals surface area contributed by atoms with Crippen LogP contribution in [0.3, 0.4) is 0 Å². The van der Waals surface area contributed by atoms with E-state index in [4.69, 9.17) is 16.7 Å². The molecule has 1 aliphatic carbocycles. The van der Waals surface area contributed by atoms with Gasteiger partial charge in [-0.2, -0.15) is 0 Å². The summed E-state index contributed by atoms with van der Waals surface area (Å²) in [6.07, 6.45) is 4.38. The molecule has 23 heavy (non-hydrogen) atoms. The molecule has 0 aromatic heterocycles. The first-order valence-electron chi connectivity index (χ1n) is 7.77. The minimum absolute atomic E-state index is 0.139. The largest absolute Gasteiger partial charge is 0.480 e. The van der Waals surface area contributed by atoms with Crippen LogP contribution in [0, 0.1) is 0 Å². The van der Waals surface area contributed by atoms with Crippen LogP contribution in [0.5, 0.6) is 0 Å². The number of hydrogen-bond donors (Lipinski definition) is 1. The van der Waals surface area contributed by atoms with Crippen LogP contribution in [0.2, 0.25) is 5.02 Å². The minimum Gasteiger partial charge on any atom is -0.480 e. The zero-order valence-corrected chi connectivity index (χ0v) is 14.5. The number of rotatable bonds is 8. The van der Waals surface area contributed by atoms with Crippen molar-refractivity contribution >= 4 is 27.4 Å². The molecule has 0 radical (unpaired) electrons. The monoisotopic (exact) mass is 359 g/mol. The van der Waals surface area contributed by atoms with Crippen LogP contribution in [0.25, 0.3) is 0 Å². The van der Waals surface area contributed by atoms with Crippen molar-refractivity contribution < 1.29 is 18.3 Å². The van der Waals surface area contributed by atoms with Gasteiger partial charge in [0.2, 0.25) is 0 Å². The van der Waals surface area contributed by atoms with Gasteiger partial charge in [0.25, 0.3) is 0 Å². The molecule has 0 saturated heterocycles. The molecule has 1 N–H and O–H groups in total. The van der Waals surface area contributed by atoms with Crippen molar-refractivity contribution in [3.05, 3.63) is 34.9 Å². The number of hydrogen-bond acceptors (Lipinski definition) is 4. The van der Waals surface area contributed by atoms with Crippen LogP contribution in [0.4, 0.5) is 0 Å². The highest BCUT2D eigenvalue weighted by atomic mass is 35.5. The minimum atomic E-state index is -3.58. The van der Waals surface area contributed by atoms with Crippen LogP contribution in [0.15, 0.2) is 24.3 Å². The van der Waals surface area contributed by atoms with Crippen LogP contribution >= 0.6 is 11.6 Å². The van der Waals surface area contributed by atoms with Gasteiger partial charge in [-0.15, -0.1) is 0 Å². The Hall–Kier alpha value is -1.11. The molecule has 1 aromatic carbocycles. The number of benzene rings is 1. The first-order chi connectivity index (χ1) is 10.9. The van der Waals surface area contributed by atoms with Crippen molar-refractivity contribution in [2.75, 3.05) is 18.1 Å². The predicted molar refractivity (Wildman–Crippen MR) is 90.4 cm³/mol. The summed E-state index contributed by atoms with van der Waals surface area (Å²) in [6, 6.07) is 7.88. The van der Waals surface area contributed by atoms with Gasteiger partial charge >= 0.3 is 5.97 Å². The summed E-state index contributed by atoms with van der Waals surface area (Å²) in [5.41, 5.74) is 0.969. The molecule has 0 amide bonds. The molecule has 0 spiro atoms. The molecule has 0 aliphatic heterocycles. The highest BCUT2D eigenvalue weighted by Gasteiger charge is 2.25. The van der Waals surface area contributed by atoms with Gasteiger partial charge in [0.05, 0.1) is 5.75 Å². The topological polar surface area (TPSA) is 74.7 Å². The third kappa shape index (κ3) is 5.79. The Labute approximate surface area is 142 Å². The van der Waals surface area contributed by atoms with Gasteiger partial charge in [-0.25, -0.2) is 8.42 Å². The first kappa shape index (κ1) is 18.2. The SMILES string of the molecule is O=C(O)CS(=O)(=O)CCN(Cc1ccccc1Cl)C1CCCC1. The molecule has 1 aliphatic rings. The third-order valence-corrected chi connectivity index (χ3v) is 6.07. The number of carboxylic acid groups (broad SMARTS) is 1. The van der Waals surface area contributed by atoms with Crippen LogP contribution in [-0.4, -0.2) is 48.5 Å². The van der Waals surface area contributed by atoms with Gasteiger partial charge in [-0.3, -0.25) is 9.69 Å². The lowest BCUT2D eigenvalue weighted by Gasteiger charge is -2.29. The van der Waals surface area contributed by atoms with Crippen LogP contribution in [-0.2, 0) is 21.2 Å². The fraction of sp³-hybridized carbons (Fsp3) is 0.562. The van der Waals surface area contributed by atoms with Crippen molar-refractivity contribution in [3.8, 4) is 0 Å². The molecular weight excluding hydrogens is 338 g/mol. The fourth-order valence-corrected chi connectivity index (χ4v) is 4.25. The maximum Gasteiger partial charge on any atom is 0.318 e.